The Bertz CT molecular complexity index is 586. The van der Waals surface area contributed by atoms with Gasteiger partial charge in [0.15, 0.2) is 0 Å². The van der Waals surface area contributed by atoms with Gasteiger partial charge in [-0.2, -0.15) is 0 Å². The van der Waals surface area contributed by atoms with E-state index in [1.54, 1.807) is 0 Å². The van der Waals surface area contributed by atoms with Crippen LogP contribution in [0.1, 0.15) is 31.2 Å². The van der Waals surface area contributed by atoms with Gasteiger partial charge in [-0.05, 0) is 37.3 Å². The third kappa shape index (κ3) is 6.01. The molecule has 1 amide bonds. The molecule has 28 heavy (non-hydrogen) atoms. The standard InChI is InChI=1S/C22H35N3O3/c26-17-21(18-27)25-10-4-7-20(16-25)8-9-22(28)24-13-11-23(12-14-24)15-19-5-2-1-3-6-19/h1-3,5-6,20-21,26-27H,4,7-18H2/t20-/m1/s1. The molecule has 0 radical (unpaired) electrons. The maximum atomic E-state index is 12.6. The van der Waals surface area contributed by atoms with Crippen molar-refractivity contribution in [1.29, 1.82) is 0 Å². The van der Waals surface area contributed by atoms with Crippen molar-refractivity contribution in [2.75, 3.05) is 52.5 Å². The molecule has 156 valence electrons. The van der Waals surface area contributed by atoms with Crippen molar-refractivity contribution in [2.24, 2.45) is 5.92 Å². The number of likely N-dealkylation sites (tertiary alicyclic amines) is 1. The molecular weight excluding hydrogens is 354 g/mol. The Labute approximate surface area is 168 Å². The minimum absolute atomic E-state index is 0.00455. The lowest BCUT2D eigenvalue weighted by atomic mass is 9.92. The fourth-order valence-electron chi connectivity index (χ4n) is 4.44. The molecule has 6 nitrogen and oxygen atoms in total. The highest BCUT2D eigenvalue weighted by Gasteiger charge is 2.27. The third-order valence-corrected chi connectivity index (χ3v) is 6.23. The lowest BCUT2D eigenvalue weighted by Crippen LogP contribution is -2.48. The molecule has 0 saturated carbocycles. The molecule has 0 spiro atoms. The number of hydrogen-bond acceptors (Lipinski definition) is 5. The van der Waals surface area contributed by atoms with E-state index in [2.05, 4.69) is 34.1 Å². The van der Waals surface area contributed by atoms with Crippen molar-refractivity contribution in [3.05, 3.63) is 35.9 Å². The average Bonchev–Trinajstić information content (AvgIpc) is 2.74. The first kappa shape index (κ1) is 21.2. The fraction of sp³-hybridized carbons (Fsp3) is 0.682. The van der Waals surface area contributed by atoms with Crippen LogP contribution < -0.4 is 0 Å². The van der Waals surface area contributed by atoms with Gasteiger partial charge in [0.05, 0.1) is 19.3 Å². The van der Waals surface area contributed by atoms with E-state index in [0.29, 0.717) is 12.3 Å². The first-order valence-electron chi connectivity index (χ1n) is 10.7. The molecule has 0 bridgehead atoms. The van der Waals surface area contributed by atoms with Crippen molar-refractivity contribution in [3.63, 3.8) is 0 Å². The molecule has 2 N–H and O–H groups in total. The zero-order chi connectivity index (χ0) is 19.8. The summed E-state index contributed by atoms with van der Waals surface area (Å²) in [7, 11) is 0. The first-order chi connectivity index (χ1) is 13.7. The number of piperidine rings is 1. The van der Waals surface area contributed by atoms with Gasteiger partial charge in [-0.15, -0.1) is 0 Å². The van der Waals surface area contributed by atoms with Crippen LogP contribution in [0.5, 0.6) is 0 Å². The van der Waals surface area contributed by atoms with Crippen LogP contribution in [0.4, 0.5) is 0 Å². The molecule has 0 unspecified atom stereocenters. The van der Waals surface area contributed by atoms with Crippen LogP contribution >= 0.6 is 0 Å². The minimum Gasteiger partial charge on any atom is -0.395 e. The molecule has 0 aromatic heterocycles. The molecule has 2 heterocycles. The quantitative estimate of drug-likeness (QED) is 0.699. The van der Waals surface area contributed by atoms with Gasteiger partial charge >= 0.3 is 0 Å². The molecule has 3 rings (SSSR count). The second-order valence-corrected chi connectivity index (χ2v) is 8.20. The number of benzene rings is 1. The van der Waals surface area contributed by atoms with E-state index in [1.807, 2.05) is 11.0 Å². The topological polar surface area (TPSA) is 67.2 Å². The van der Waals surface area contributed by atoms with Crippen LogP contribution in [0.3, 0.4) is 0 Å². The second-order valence-electron chi connectivity index (χ2n) is 8.20. The number of amides is 1. The van der Waals surface area contributed by atoms with E-state index in [4.69, 9.17) is 0 Å². The number of aliphatic hydroxyl groups is 2. The Morgan fingerprint density at radius 1 is 1.04 bits per heavy atom. The zero-order valence-corrected chi connectivity index (χ0v) is 16.9. The first-order valence-corrected chi connectivity index (χ1v) is 10.7. The second kappa shape index (κ2) is 10.9. The SMILES string of the molecule is O=C(CC[C@H]1CCCN(C(CO)CO)C1)N1CCN(Cc2ccccc2)CC1. The van der Waals surface area contributed by atoms with Gasteiger partial charge in [-0.3, -0.25) is 14.6 Å². The summed E-state index contributed by atoms with van der Waals surface area (Å²) in [5, 5.41) is 18.8. The molecule has 2 fully saturated rings. The predicted octanol–water partition coefficient (Wildman–Crippen LogP) is 1.18. The van der Waals surface area contributed by atoms with Gasteiger partial charge in [0.25, 0.3) is 0 Å². The Morgan fingerprint density at radius 3 is 2.43 bits per heavy atom. The summed E-state index contributed by atoms with van der Waals surface area (Å²) in [6.45, 7) is 6.27. The smallest absolute Gasteiger partial charge is 0.222 e. The molecule has 1 aromatic carbocycles. The molecule has 2 aliphatic rings. The van der Waals surface area contributed by atoms with Crippen molar-refractivity contribution in [2.45, 2.75) is 38.3 Å². The molecule has 1 atom stereocenters. The Hall–Kier alpha value is -1.47. The highest BCUT2D eigenvalue weighted by atomic mass is 16.3. The van der Waals surface area contributed by atoms with Crippen LogP contribution in [0, 0.1) is 5.92 Å². The fourth-order valence-corrected chi connectivity index (χ4v) is 4.44. The molecule has 0 aliphatic carbocycles. The summed E-state index contributed by atoms with van der Waals surface area (Å²) in [5.41, 5.74) is 1.33. The zero-order valence-electron chi connectivity index (χ0n) is 16.9. The van der Waals surface area contributed by atoms with Crippen molar-refractivity contribution >= 4 is 5.91 Å². The van der Waals surface area contributed by atoms with Crippen molar-refractivity contribution in [1.82, 2.24) is 14.7 Å². The summed E-state index contributed by atoms with van der Waals surface area (Å²) in [6, 6.07) is 10.3. The highest BCUT2D eigenvalue weighted by molar-refractivity contribution is 5.76. The van der Waals surface area contributed by atoms with E-state index in [1.165, 1.54) is 5.56 Å². The Morgan fingerprint density at radius 2 is 1.75 bits per heavy atom. The molecule has 2 aliphatic heterocycles. The van der Waals surface area contributed by atoms with Crippen LogP contribution in [0.2, 0.25) is 0 Å². The minimum atomic E-state index is -0.156. The Kier molecular flexibility index (Phi) is 8.27. The molecule has 6 heteroatoms. The summed E-state index contributed by atoms with van der Waals surface area (Å²) >= 11 is 0. The van der Waals surface area contributed by atoms with E-state index >= 15 is 0 Å². The summed E-state index contributed by atoms with van der Waals surface area (Å²) in [5.74, 6) is 0.759. The monoisotopic (exact) mass is 389 g/mol. The van der Waals surface area contributed by atoms with E-state index < -0.39 is 0 Å². The number of hydrogen-bond donors (Lipinski definition) is 2. The van der Waals surface area contributed by atoms with Crippen LogP contribution in [-0.4, -0.2) is 89.3 Å². The number of nitrogens with zero attached hydrogens (tertiary/aromatic N) is 3. The third-order valence-electron chi connectivity index (χ3n) is 6.23. The number of carbonyl (C=O) groups excluding carboxylic acids is 1. The summed E-state index contributed by atoms with van der Waals surface area (Å²) < 4.78 is 0. The normalized spacial score (nSPS) is 22.0. The van der Waals surface area contributed by atoms with Gasteiger partial charge in [0, 0.05) is 45.7 Å². The van der Waals surface area contributed by atoms with E-state index in [9.17, 15) is 15.0 Å². The number of aliphatic hydroxyl groups excluding tert-OH is 2. The number of carbonyl (C=O) groups is 1. The Balaban J connectivity index is 1.37. The van der Waals surface area contributed by atoms with Gasteiger partial charge < -0.3 is 15.1 Å². The highest BCUT2D eigenvalue weighted by Crippen LogP contribution is 2.23. The average molecular weight is 390 g/mol. The van der Waals surface area contributed by atoms with Crippen LogP contribution in [0.15, 0.2) is 30.3 Å². The maximum absolute atomic E-state index is 12.6. The van der Waals surface area contributed by atoms with E-state index in [0.717, 1.165) is 65.1 Å². The van der Waals surface area contributed by atoms with Crippen molar-refractivity contribution in [3.8, 4) is 0 Å². The van der Waals surface area contributed by atoms with E-state index in [-0.39, 0.29) is 25.2 Å². The van der Waals surface area contributed by atoms with Crippen LogP contribution in [0.25, 0.3) is 0 Å². The van der Waals surface area contributed by atoms with Gasteiger partial charge in [0.2, 0.25) is 5.91 Å². The summed E-state index contributed by atoms with van der Waals surface area (Å²) in [6.07, 6.45) is 3.73. The van der Waals surface area contributed by atoms with Crippen LogP contribution in [-0.2, 0) is 11.3 Å². The predicted molar refractivity (Wildman–Crippen MR) is 110 cm³/mol. The van der Waals surface area contributed by atoms with Gasteiger partial charge in [-0.1, -0.05) is 30.3 Å². The van der Waals surface area contributed by atoms with Crippen molar-refractivity contribution < 1.29 is 15.0 Å². The van der Waals surface area contributed by atoms with Gasteiger partial charge in [0.1, 0.15) is 0 Å². The lowest BCUT2D eigenvalue weighted by molar-refractivity contribution is -0.133. The largest absolute Gasteiger partial charge is 0.395 e. The molecular formula is C22H35N3O3. The number of piperazine rings is 1. The number of rotatable bonds is 8. The summed E-state index contributed by atoms with van der Waals surface area (Å²) in [4.78, 5) is 19.3. The lowest BCUT2D eigenvalue weighted by Gasteiger charge is -2.37. The molecule has 2 saturated heterocycles. The molecule has 1 aromatic rings. The van der Waals surface area contributed by atoms with Gasteiger partial charge in [-0.25, -0.2) is 0 Å². The maximum Gasteiger partial charge on any atom is 0.222 e.